The highest BCUT2D eigenvalue weighted by Crippen LogP contribution is 2.45. The second-order valence-electron chi connectivity index (χ2n) is 6.49. The van der Waals surface area contributed by atoms with E-state index in [2.05, 4.69) is 0 Å². The van der Waals surface area contributed by atoms with E-state index in [9.17, 15) is 10.1 Å². The van der Waals surface area contributed by atoms with E-state index in [1.54, 1.807) is 26.0 Å². The van der Waals surface area contributed by atoms with E-state index in [0.717, 1.165) is 6.42 Å². The molecule has 2 unspecified atom stereocenters. The van der Waals surface area contributed by atoms with Gasteiger partial charge < -0.3 is 24.7 Å². The molecule has 0 saturated heterocycles. The first-order valence-corrected chi connectivity index (χ1v) is 9.66. The third-order valence-electron chi connectivity index (χ3n) is 4.58. The number of rotatable bonds is 7. The minimum atomic E-state index is -0.808. The standard InChI is InChI=1S/C21H25ClN2O5/c1-6-11(3)28-19-15(22)8-13(9-16(19)26-5)18-14(10-23)20(24)29-12(4)17(18)21(25)27-7-2/h8-9,11,18H,6-7,24H2,1-5H3. The zero-order valence-corrected chi connectivity index (χ0v) is 17.9. The lowest BCUT2D eigenvalue weighted by Crippen LogP contribution is -2.25. The predicted molar refractivity (Wildman–Crippen MR) is 108 cm³/mol. The zero-order chi connectivity index (χ0) is 21.7. The maximum Gasteiger partial charge on any atom is 0.338 e. The van der Waals surface area contributed by atoms with Crippen LogP contribution in [0.15, 0.2) is 34.9 Å². The first-order chi connectivity index (χ1) is 13.8. The van der Waals surface area contributed by atoms with Crippen LogP contribution in [0.3, 0.4) is 0 Å². The molecule has 156 valence electrons. The lowest BCUT2D eigenvalue weighted by atomic mass is 9.83. The molecular weight excluding hydrogens is 396 g/mol. The van der Waals surface area contributed by atoms with Gasteiger partial charge in [0.25, 0.3) is 0 Å². The molecule has 2 N–H and O–H groups in total. The Balaban J connectivity index is 2.66. The van der Waals surface area contributed by atoms with Crippen molar-refractivity contribution in [2.45, 2.75) is 46.1 Å². The van der Waals surface area contributed by atoms with Gasteiger partial charge >= 0.3 is 5.97 Å². The lowest BCUT2D eigenvalue weighted by molar-refractivity contribution is -0.139. The molecule has 1 aliphatic rings. The normalized spacial score (nSPS) is 17.3. The van der Waals surface area contributed by atoms with E-state index in [0.29, 0.717) is 22.1 Å². The lowest BCUT2D eigenvalue weighted by Gasteiger charge is -2.27. The number of carbonyl (C=O) groups is 1. The fourth-order valence-corrected chi connectivity index (χ4v) is 3.26. The average Bonchev–Trinajstić information content (AvgIpc) is 2.68. The second-order valence-corrected chi connectivity index (χ2v) is 6.89. The summed E-state index contributed by atoms with van der Waals surface area (Å²) in [5, 5.41) is 9.97. The van der Waals surface area contributed by atoms with E-state index in [4.69, 9.17) is 36.3 Å². The molecule has 0 amide bonds. The van der Waals surface area contributed by atoms with Crippen molar-refractivity contribution >= 4 is 17.6 Å². The number of allylic oxidation sites excluding steroid dienone is 2. The first kappa shape index (κ1) is 22.4. The zero-order valence-electron chi connectivity index (χ0n) is 17.2. The van der Waals surface area contributed by atoms with Crippen LogP contribution < -0.4 is 15.2 Å². The molecule has 1 aromatic carbocycles. The van der Waals surface area contributed by atoms with E-state index in [1.165, 1.54) is 7.11 Å². The van der Waals surface area contributed by atoms with Crippen LogP contribution in [0.5, 0.6) is 11.5 Å². The van der Waals surface area contributed by atoms with Crippen LogP contribution in [-0.2, 0) is 14.3 Å². The molecule has 0 bridgehead atoms. The minimum Gasteiger partial charge on any atom is -0.493 e. The van der Waals surface area contributed by atoms with E-state index >= 15 is 0 Å². The van der Waals surface area contributed by atoms with Crippen molar-refractivity contribution in [3.8, 4) is 17.6 Å². The van der Waals surface area contributed by atoms with E-state index in [-0.39, 0.29) is 35.5 Å². The molecule has 0 radical (unpaired) electrons. The number of nitrogens with zero attached hydrogens (tertiary/aromatic N) is 1. The van der Waals surface area contributed by atoms with Crippen molar-refractivity contribution in [3.05, 3.63) is 45.5 Å². The summed E-state index contributed by atoms with van der Waals surface area (Å²) in [4.78, 5) is 12.6. The Labute approximate surface area is 175 Å². The quantitative estimate of drug-likeness (QED) is 0.660. The summed E-state index contributed by atoms with van der Waals surface area (Å²) in [6.45, 7) is 7.38. The van der Waals surface area contributed by atoms with Crippen molar-refractivity contribution in [2.75, 3.05) is 13.7 Å². The topological polar surface area (TPSA) is 104 Å². The Morgan fingerprint density at radius 2 is 2.10 bits per heavy atom. The van der Waals surface area contributed by atoms with Gasteiger partial charge in [-0.2, -0.15) is 5.26 Å². The van der Waals surface area contributed by atoms with Gasteiger partial charge in [0.05, 0.1) is 36.3 Å². The molecule has 0 saturated carbocycles. The van der Waals surface area contributed by atoms with Crippen molar-refractivity contribution in [2.24, 2.45) is 5.73 Å². The summed E-state index contributed by atoms with van der Waals surface area (Å²) in [6.07, 6.45) is 0.714. The van der Waals surface area contributed by atoms with E-state index < -0.39 is 11.9 Å². The number of nitriles is 1. The summed E-state index contributed by atoms with van der Waals surface area (Å²) in [7, 11) is 1.49. The monoisotopic (exact) mass is 420 g/mol. The molecule has 0 fully saturated rings. The summed E-state index contributed by atoms with van der Waals surface area (Å²) in [6, 6.07) is 5.35. The number of benzene rings is 1. The van der Waals surface area contributed by atoms with Crippen molar-refractivity contribution in [1.82, 2.24) is 0 Å². The van der Waals surface area contributed by atoms with Gasteiger partial charge in [-0.15, -0.1) is 0 Å². The smallest absolute Gasteiger partial charge is 0.338 e. The molecule has 0 aliphatic carbocycles. The predicted octanol–water partition coefficient (Wildman–Crippen LogP) is 4.17. The fraction of sp³-hybridized carbons (Fsp3) is 0.429. The summed E-state index contributed by atoms with van der Waals surface area (Å²) in [5.74, 6) is -0.427. The van der Waals surface area contributed by atoms with E-state index in [1.807, 2.05) is 19.9 Å². The Kier molecular flexibility index (Phi) is 7.40. The molecule has 1 aromatic rings. The molecule has 0 aromatic heterocycles. The summed E-state index contributed by atoms with van der Waals surface area (Å²) >= 11 is 6.49. The maximum absolute atomic E-state index is 12.6. The number of nitrogens with two attached hydrogens (primary N) is 1. The minimum absolute atomic E-state index is 0.0712. The maximum atomic E-state index is 12.6. The fourth-order valence-electron chi connectivity index (χ4n) is 2.99. The Morgan fingerprint density at radius 3 is 2.66 bits per heavy atom. The average molecular weight is 421 g/mol. The van der Waals surface area contributed by atoms with Gasteiger partial charge in [-0.25, -0.2) is 4.79 Å². The molecule has 8 heteroatoms. The van der Waals surface area contributed by atoms with Crippen LogP contribution in [0.1, 0.15) is 45.6 Å². The Morgan fingerprint density at radius 1 is 1.41 bits per heavy atom. The molecule has 7 nitrogen and oxygen atoms in total. The van der Waals surface area contributed by atoms with Gasteiger partial charge in [0.1, 0.15) is 17.4 Å². The molecular formula is C21H25ClN2O5. The SMILES string of the molecule is CCOC(=O)C1=C(C)OC(N)=C(C#N)C1c1cc(Cl)c(OC(C)CC)c(OC)c1. The van der Waals surface area contributed by atoms with Crippen LogP contribution >= 0.6 is 11.6 Å². The largest absolute Gasteiger partial charge is 0.493 e. The Hall–Kier alpha value is -2.85. The molecule has 1 heterocycles. The van der Waals surface area contributed by atoms with Gasteiger partial charge in [0, 0.05) is 0 Å². The number of esters is 1. The van der Waals surface area contributed by atoms with Gasteiger partial charge in [-0.1, -0.05) is 18.5 Å². The van der Waals surface area contributed by atoms with Crippen LogP contribution in [0, 0.1) is 11.3 Å². The highest BCUT2D eigenvalue weighted by Gasteiger charge is 2.37. The van der Waals surface area contributed by atoms with Gasteiger partial charge in [0.2, 0.25) is 5.88 Å². The van der Waals surface area contributed by atoms with Crippen LogP contribution in [-0.4, -0.2) is 25.8 Å². The summed E-state index contributed by atoms with van der Waals surface area (Å²) in [5.41, 5.74) is 6.74. The second kappa shape index (κ2) is 9.57. The van der Waals surface area contributed by atoms with Crippen molar-refractivity contribution in [3.63, 3.8) is 0 Å². The van der Waals surface area contributed by atoms with Gasteiger partial charge in [-0.3, -0.25) is 0 Å². The number of halogens is 1. The molecule has 2 rings (SSSR count). The van der Waals surface area contributed by atoms with Crippen LogP contribution in [0.4, 0.5) is 0 Å². The molecule has 29 heavy (non-hydrogen) atoms. The highest BCUT2D eigenvalue weighted by atomic mass is 35.5. The number of methoxy groups -OCH3 is 1. The molecule has 2 atom stereocenters. The van der Waals surface area contributed by atoms with Crippen molar-refractivity contribution in [1.29, 1.82) is 5.26 Å². The van der Waals surface area contributed by atoms with Crippen LogP contribution in [0.2, 0.25) is 5.02 Å². The van der Waals surface area contributed by atoms with Crippen molar-refractivity contribution < 1.29 is 23.7 Å². The number of carbonyl (C=O) groups excluding carboxylic acids is 1. The number of hydrogen-bond donors (Lipinski definition) is 1. The third kappa shape index (κ3) is 4.60. The highest BCUT2D eigenvalue weighted by molar-refractivity contribution is 6.32. The summed E-state index contributed by atoms with van der Waals surface area (Å²) < 4.78 is 21.9. The number of hydrogen-bond acceptors (Lipinski definition) is 7. The third-order valence-corrected chi connectivity index (χ3v) is 4.86. The molecule has 0 spiro atoms. The van der Waals surface area contributed by atoms with Crippen LogP contribution in [0.25, 0.3) is 0 Å². The first-order valence-electron chi connectivity index (χ1n) is 9.28. The Bertz CT molecular complexity index is 901. The molecule has 1 aliphatic heterocycles. The van der Waals surface area contributed by atoms with Gasteiger partial charge in [-0.05, 0) is 44.9 Å². The van der Waals surface area contributed by atoms with Gasteiger partial charge in [0.15, 0.2) is 11.5 Å². The number of ether oxygens (including phenoxy) is 4.